The predicted molar refractivity (Wildman–Crippen MR) is 86.8 cm³/mol. The van der Waals surface area contributed by atoms with Gasteiger partial charge in [0.25, 0.3) is 0 Å². The van der Waals surface area contributed by atoms with E-state index in [0.717, 1.165) is 11.8 Å². The third-order valence-electron chi connectivity index (χ3n) is 3.38. The van der Waals surface area contributed by atoms with E-state index >= 15 is 0 Å². The van der Waals surface area contributed by atoms with Gasteiger partial charge in [-0.1, -0.05) is 53.2 Å². The number of rotatable bonds is 8. The largest absolute Gasteiger partial charge is 0.382 e. The van der Waals surface area contributed by atoms with Crippen LogP contribution in [0.2, 0.25) is 0 Å². The molecule has 0 bridgehead atoms. The highest BCUT2D eigenvalue weighted by Gasteiger charge is 2.12. The van der Waals surface area contributed by atoms with Gasteiger partial charge >= 0.3 is 0 Å². The molecule has 1 aromatic carbocycles. The zero-order chi connectivity index (χ0) is 14.3. The molecule has 0 atom stereocenters. The number of hydrogen-bond acceptors (Lipinski definition) is 1. The van der Waals surface area contributed by atoms with Crippen molar-refractivity contribution in [3.63, 3.8) is 0 Å². The lowest BCUT2D eigenvalue weighted by Gasteiger charge is -2.23. The first-order valence-corrected chi connectivity index (χ1v) is 7.86. The van der Waals surface area contributed by atoms with E-state index in [1.807, 2.05) is 0 Å². The molecule has 0 saturated heterocycles. The van der Waals surface area contributed by atoms with Gasteiger partial charge in [-0.2, -0.15) is 0 Å². The lowest BCUT2D eigenvalue weighted by atomic mass is 9.95. The summed E-state index contributed by atoms with van der Waals surface area (Å²) in [4.78, 5) is 0. The van der Waals surface area contributed by atoms with Crippen LogP contribution in [0.25, 0.3) is 0 Å². The van der Waals surface area contributed by atoms with E-state index < -0.39 is 0 Å². The van der Waals surface area contributed by atoms with Gasteiger partial charge in [0.05, 0.1) is 0 Å². The lowest BCUT2D eigenvalue weighted by Crippen LogP contribution is -2.23. The third-order valence-corrected chi connectivity index (χ3v) is 3.38. The molecule has 0 amide bonds. The molecule has 0 heterocycles. The van der Waals surface area contributed by atoms with Gasteiger partial charge in [-0.25, -0.2) is 0 Å². The van der Waals surface area contributed by atoms with Gasteiger partial charge in [0, 0.05) is 11.7 Å². The number of aryl methyl sites for hydroxylation is 1. The van der Waals surface area contributed by atoms with Gasteiger partial charge in [-0.3, -0.25) is 0 Å². The van der Waals surface area contributed by atoms with Crippen LogP contribution >= 0.6 is 0 Å². The van der Waals surface area contributed by atoms with Crippen molar-refractivity contribution in [1.29, 1.82) is 0 Å². The van der Waals surface area contributed by atoms with Crippen LogP contribution in [0.4, 0.5) is 5.69 Å². The monoisotopic (exact) mass is 261 g/mol. The summed E-state index contributed by atoms with van der Waals surface area (Å²) in [6.07, 6.45) is 4.89. The molecule has 108 valence electrons. The third kappa shape index (κ3) is 6.66. The molecule has 0 radical (unpaired) electrons. The normalized spacial score (nSPS) is 11.6. The molecule has 0 aliphatic heterocycles. The Morgan fingerprint density at radius 3 is 1.84 bits per heavy atom. The first-order valence-electron chi connectivity index (χ1n) is 7.86. The Bertz CT molecular complexity index is 327. The number of benzene rings is 1. The van der Waals surface area contributed by atoms with Gasteiger partial charge in [0.1, 0.15) is 0 Å². The summed E-state index contributed by atoms with van der Waals surface area (Å²) in [5, 5.41) is 3.71. The average Bonchev–Trinajstić information content (AvgIpc) is 2.30. The molecule has 0 aliphatic carbocycles. The van der Waals surface area contributed by atoms with Crippen LogP contribution in [0, 0.1) is 11.8 Å². The Balaban J connectivity index is 2.61. The van der Waals surface area contributed by atoms with Crippen molar-refractivity contribution in [3.05, 3.63) is 29.8 Å². The molecular formula is C18H31N. The lowest BCUT2D eigenvalue weighted by molar-refractivity contribution is 0.442. The highest BCUT2D eigenvalue weighted by atomic mass is 14.9. The van der Waals surface area contributed by atoms with Crippen molar-refractivity contribution in [1.82, 2.24) is 0 Å². The van der Waals surface area contributed by atoms with Crippen LogP contribution in [0.3, 0.4) is 0 Å². The number of nitrogens with one attached hydrogen (secondary N) is 1. The average molecular weight is 261 g/mol. The van der Waals surface area contributed by atoms with E-state index in [2.05, 4.69) is 64.2 Å². The van der Waals surface area contributed by atoms with Crippen LogP contribution in [0.1, 0.15) is 59.4 Å². The maximum Gasteiger partial charge on any atom is 0.0342 e. The molecule has 19 heavy (non-hydrogen) atoms. The minimum absolute atomic E-state index is 0.594. The smallest absolute Gasteiger partial charge is 0.0342 e. The van der Waals surface area contributed by atoms with E-state index in [-0.39, 0.29) is 0 Å². The van der Waals surface area contributed by atoms with Crippen molar-refractivity contribution in [2.45, 2.75) is 66.3 Å². The summed E-state index contributed by atoms with van der Waals surface area (Å²) in [5.74, 6) is 1.49. The molecular weight excluding hydrogens is 230 g/mol. The SMILES string of the molecule is CCCc1ccc(NC(CC(C)C)CC(C)C)cc1. The second-order valence-corrected chi connectivity index (χ2v) is 6.55. The highest BCUT2D eigenvalue weighted by Crippen LogP contribution is 2.19. The predicted octanol–water partition coefficient (Wildman–Crippen LogP) is 5.51. The Kier molecular flexibility index (Phi) is 6.97. The van der Waals surface area contributed by atoms with Crippen molar-refractivity contribution in [3.8, 4) is 0 Å². The van der Waals surface area contributed by atoms with Gasteiger partial charge in [-0.05, 0) is 48.8 Å². The molecule has 0 unspecified atom stereocenters. The zero-order valence-electron chi connectivity index (χ0n) is 13.4. The molecule has 1 heteroatoms. The van der Waals surface area contributed by atoms with Gasteiger partial charge in [-0.15, -0.1) is 0 Å². The zero-order valence-corrected chi connectivity index (χ0v) is 13.4. The summed E-state index contributed by atoms with van der Waals surface area (Å²) in [6.45, 7) is 11.4. The maximum absolute atomic E-state index is 3.71. The highest BCUT2D eigenvalue weighted by molar-refractivity contribution is 5.45. The van der Waals surface area contributed by atoms with Gasteiger partial charge in [0.2, 0.25) is 0 Å². The molecule has 0 aromatic heterocycles. The Morgan fingerprint density at radius 1 is 0.895 bits per heavy atom. The summed E-state index contributed by atoms with van der Waals surface area (Å²) in [5.41, 5.74) is 2.71. The molecule has 0 fully saturated rings. The van der Waals surface area contributed by atoms with Crippen molar-refractivity contribution in [2.75, 3.05) is 5.32 Å². The minimum Gasteiger partial charge on any atom is -0.382 e. The fourth-order valence-electron chi connectivity index (χ4n) is 2.64. The minimum atomic E-state index is 0.594. The quantitative estimate of drug-likeness (QED) is 0.650. The van der Waals surface area contributed by atoms with Crippen molar-refractivity contribution in [2.24, 2.45) is 11.8 Å². The fraction of sp³-hybridized carbons (Fsp3) is 0.667. The molecule has 1 nitrogen and oxygen atoms in total. The molecule has 1 N–H and O–H groups in total. The van der Waals surface area contributed by atoms with Crippen LogP contribution in [-0.4, -0.2) is 6.04 Å². The van der Waals surface area contributed by atoms with Crippen LogP contribution in [-0.2, 0) is 6.42 Å². The van der Waals surface area contributed by atoms with Crippen LogP contribution < -0.4 is 5.32 Å². The first-order chi connectivity index (χ1) is 9.01. The van der Waals surface area contributed by atoms with Crippen molar-refractivity contribution < 1.29 is 0 Å². The van der Waals surface area contributed by atoms with E-state index in [9.17, 15) is 0 Å². The molecule has 0 saturated carbocycles. The second-order valence-electron chi connectivity index (χ2n) is 6.55. The molecule has 1 rings (SSSR count). The summed E-state index contributed by atoms with van der Waals surface area (Å²) >= 11 is 0. The van der Waals surface area contributed by atoms with E-state index in [4.69, 9.17) is 0 Å². The Morgan fingerprint density at radius 2 is 1.42 bits per heavy atom. The second kappa shape index (κ2) is 8.24. The van der Waals surface area contributed by atoms with Crippen LogP contribution in [0.15, 0.2) is 24.3 Å². The van der Waals surface area contributed by atoms with Crippen molar-refractivity contribution >= 4 is 5.69 Å². The topological polar surface area (TPSA) is 12.0 Å². The molecule has 1 aromatic rings. The molecule has 0 spiro atoms. The van der Waals surface area contributed by atoms with Gasteiger partial charge in [0.15, 0.2) is 0 Å². The standard InChI is InChI=1S/C18H31N/c1-6-7-16-8-10-17(11-9-16)19-18(12-14(2)3)13-15(4)5/h8-11,14-15,18-19H,6-7,12-13H2,1-5H3. The molecule has 0 aliphatic rings. The number of hydrogen-bond donors (Lipinski definition) is 1. The van der Waals surface area contributed by atoms with Crippen LogP contribution in [0.5, 0.6) is 0 Å². The maximum atomic E-state index is 3.71. The summed E-state index contributed by atoms with van der Waals surface area (Å²) in [6, 6.07) is 9.58. The van der Waals surface area contributed by atoms with E-state index in [1.165, 1.54) is 36.9 Å². The summed E-state index contributed by atoms with van der Waals surface area (Å²) in [7, 11) is 0. The Labute approximate surface area is 119 Å². The number of anilines is 1. The van der Waals surface area contributed by atoms with E-state index in [0.29, 0.717) is 6.04 Å². The van der Waals surface area contributed by atoms with E-state index in [1.54, 1.807) is 0 Å². The Hall–Kier alpha value is -0.980. The fourth-order valence-corrected chi connectivity index (χ4v) is 2.64. The summed E-state index contributed by atoms with van der Waals surface area (Å²) < 4.78 is 0. The first kappa shape index (κ1) is 16.1. The van der Waals surface area contributed by atoms with Gasteiger partial charge < -0.3 is 5.32 Å².